The van der Waals surface area contributed by atoms with E-state index in [0.717, 1.165) is 0 Å². The van der Waals surface area contributed by atoms with Crippen LogP contribution in [0.3, 0.4) is 0 Å². The van der Waals surface area contributed by atoms with Gasteiger partial charge in [0.05, 0.1) is 18.3 Å². The predicted molar refractivity (Wildman–Crippen MR) is 59.9 cm³/mol. The van der Waals surface area contributed by atoms with E-state index in [4.69, 9.17) is 15.2 Å². The van der Waals surface area contributed by atoms with Crippen molar-refractivity contribution in [3.63, 3.8) is 0 Å². The average Bonchev–Trinajstić information content (AvgIpc) is 2.21. The van der Waals surface area contributed by atoms with E-state index in [1.54, 1.807) is 13.8 Å². The number of hydrogen-bond donors (Lipinski definition) is 3. The summed E-state index contributed by atoms with van der Waals surface area (Å²) in [7, 11) is 0. The first kappa shape index (κ1) is 14.4. The van der Waals surface area contributed by atoms with Crippen molar-refractivity contribution in [2.45, 2.75) is 57.9 Å². The fourth-order valence-electron chi connectivity index (χ4n) is 1.96. The Morgan fingerprint density at radius 1 is 1.41 bits per heavy atom. The number of rotatable bonds is 4. The van der Waals surface area contributed by atoms with Gasteiger partial charge in [-0.15, -0.1) is 0 Å². The number of aliphatic hydroxyl groups excluding tert-OH is 2. The minimum absolute atomic E-state index is 0.165. The first-order valence-electron chi connectivity index (χ1n) is 5.84. The molecule has 0 spiro atoms. The number of carbonyl (C=O) groups is 1. The van der Waals surface area contributed by atoms with Crippen LogP contribution < -0.4 is 5.73 Å². The fourth-order valence-corrected chi connectivity index (χ4v) is 1.96. The van der Waals surface area contributed by atoms with Gasteiger partial charge in [-0.05, 0) is 20.3 Å². The third-order valence-corrected chi connectivity index (χ3v) is 2.84. The van der Waals surface area contributed by atoms with Crippen molar-refractivity contribution in [1.29, 1.82) is 0 Å². The highest BCUT2D eigenvalue weighted by molar-refractivity contribution is 5.78. The van der Waals surface area contributed by atoms with E-state index in [-0.39, 0.29) is 6.10 Å². The summed E-state index contributed by atoms with van der Waals surface area (Å²) in [5.41, 5.74) is 5.20. The maximum absolute atomic E-state index is 11.3. The van der Waals surface area contributed by atoms with Gasteiger partial charge in [0.1, 0.15) is 12.0 Å². The summed E-state index contributed by atoms with van der Waals surface area (Å²) in [5, 5.41) is 19.7. The van der Waals surface area contributed by atoms with Crippen LogP contribution >= 0.6 is 0 Å². The summed E-state index contributed by atoms with van der Waals surface area (Å²) < 4.78 is 10.9. The van der Waals surface area contributed by atoms with E-state index < -0.39 is 36.4 Å². The van der Waals surface area contributed by atoms with Crippen LogP contribution in [0.1, 0.15) is 27.2 Å². The van der Waals surface area contributed by atoms with Crippen LogP contribution in [0.5, 0.6) is 0 Å². The number of ether oxygens (including phenoxy) is 2. The van der Waals surface area contributed by atoms with Gasteiger partial charge in [0.2, 0.25) is 5.91 Å². The molecule has 0 aromatic rings. The number of primary amides is 1. The van der Waals surface area contributed by atoms with Gasteiger partial charge < -0.3 is 25.4 Å². The zero-order valence-electron chi connectivity index (χ0n) is 10.4. The molecule has 6 nitrogen and oxygen atoms in total. The molecule has 1 aliphatic heterocycles. The molecule has 1 fully saturated rings. The lowest BCUT2D eigenvalue weighted by Gasteiger charge is -2.41. The first-order chi connectivity index (χ1) is 7.88. The van der Waals surface area contributed by atoms with Crippen LogP contribution in [0, 0.1) is 5.92 Å². The highest BCUT2D eigenvalue weighted by Crippen LogP contribution is 2.29. The van der Waals surface area contributed by atoms with Gasteiger partial charge in [-0.3, -0.25) is 4.79 Å². The molecule has 0 bridgehead atoms. The smallest absolute Gasteiger partial charge is 0.228 e. The molecule has 5 atom stereocenters. The van der Waals surface area contributed by atoms with Gasteiger partial charge in [0.15, 0.2) is 6.29 Å². The molecule has 1 rings (SSSR count). The maximum atomic E-state index is 11.3. The van der Waals surface area contributed by atoms with Crippen molar-refractivity contribution in [3.05, 3.63) is 0 Å². The lowest BCUT2D eigenvalue weighted by atomic mass is 9.89. The second-order valence-electron chi connectivity index (χ2n) is 4.55. The van der Waals surface area contributed by atoms with Gasteiger partial charge in [-0.1, -0.05) is 6.92 Å². The molecular formula is C11H21NO5. The monoisotopic (exact) mass is 247 g/mol. The zero-order valence-corrected chi connectivity index (χ0v) is 10.4. The molecule has 1 unspecified atom stereocenters. The lowest BCUT2D eigenvalue weighted by molar-refractivity contribution is -0.283. The summed E-state index contributed by atoms with van der Waals surface area (Å²) in [6.45, 7) is 5.40. The molecule has 1 aliphatic rings. The van der Waals surface area contributed by atoms with Crippen molar-refractivity contribution < 1.29 is 24.5 Å². The highest BCUT2D eigenvalue weighted by atomic mass is 16.7. The second kappa shape index (κ2) is 5.77. The van der Waals surface area contributed by atoms with Crippen molar-refractivity contribution in [3.8, 4) is 0 Å². The van der Waals surface area contributed by atoms with E-state index in [9.17, 15) is 15.0 Å². The second-order valence-corrected chi connectivity index (χ2v) is 4.55. The molecule has 17 heavy (non-hydrogen) atoms. The van der Waals surface area contributed by atoms with Crippen LogP contribution in [0.2, 0.25) is 0 Å². The van der Waals surface area contributed by atoms with Crippen molar-refractivity contribution in [2.75, 3.05) is 0 Å². The first-order valence-corrected chi connectivity index (χ1v) is 5.84. The molecule has 0 aromatic heterocycles. The van der Waals surface area contributed by atoms with Gasteiger partial charge in [0, 0.05) is 0 Å². The third kappa shape index (κ3) is 3.16. The van der Waals surface area contributed by atoms with Gasteiger partial charge in [-0.2, -0.15) is 0 Å². The topological polar surface area (TPSA) is 102 Å². The van der Waals surface area contributed by atoms with Gasteiger partial charge in [-0.25, -0.2) is 0 Å². The molecule has 1 heterocycles. The summed E-state index contributed by atoms with van der Waals surface area (Å²) in [4.78, 5) is 11.3. The van der Waals surface area contributed by atoms with E-state index >= 15 is 0 Å². The summed E-state index contributed by atoms with van der Waals surface area (Å²) in [5.74, 6) is -1.79. The normalized spacial score (nSPS) is 38.4. The standard InChI is InChI=1S/C11H21NO5/c1-4-6-8(13)9(14)7(10(12)15)11(17-6)16-5(2)3/h5-9,11,13-14H,4H2,1-3H3,(H2,12,15)/t6-,7+,8+,9-,11?/m1/s1. The quantitative estimate of drug-likeness (QED) is 0.614. The van der Waals surface area contributed by atoms with Gasteiger partial charge in [0.25, 0.3) is 0 Å². The van der Waals surface area contributed by atoms with E-state index in [1.165, 1.54) is 0 Å². The number of carbonyl (C=O) groups excluding carboxylic acids is 1. The summed E-state index contributed by atoms with van der Waals surface area (Å²) in [6.07, 6.45) is -3.48. The Hall–Kier alpha value is -0.690. The minimum atomic E-state index is -1.25. The SMILES string of the molecule is CC[C@H]1OC(OC(C)C)[C@H](C(N)=O)[C@@H](O)[C@H]1O. The Morgan fingerprint density at radius 3 is 2.41 bits per heavy atom. The average molecular weight is 247 g/mol. The Kier molecular flexibility index (Phi) is 4.88. The summed E-state index contributed by atoms with van der Waals surface area (Å²) >= 11 is 0. The van der Waals surface area contributed by atoms with E-state index in [2.05, 4.69) is 0 Å². The number of nitrogens with two attached hydrogens (primary N) is 1. The predicted octanol–water partition coefficient (Wildman–Crippen LogP) is -0.630. The Balaban J connectivity index is 2.86. The molecule has 1 saturated heterocycles. The number of amides is 1. The van der Waals surface area contributed by atoms with Crippen LogP contribution in [0.25, 0.3) is 0 Å². The maximum Gasteiger partial charge on any atom is 0.228 e. The molecule has 1 amide bonds. The van der Waals surface area contributed by atoms with Gasteiger partial charge >= 0.3 is 0 Å². The Bertz CT molecular complexity index is 271. The van der Waals surface area contributed by atoms with Crippen molar-refractivity contribution >= 4 is 5.91 Å². The Labute approximate surface area is 101 Å². The zero-order chi connectivity index (χ0) is 13.2. The lowest BCUT2D eigenvalue weighted by Crippen LogP contribution is -2.59. The van der Waals surface area contributed by atoms with Crippen LogP contribution in [-0.2, 0) is 14.3 Å². The Morgan fingerprint density at radius 2 is 2.00 bits per heavy atom. The molecule has 6 heteroatoms. The molecule has 0 saturated carbocycles. The van der Waals surface area contributed by atoms with Crippen molar-refractivity contribution in [1.82, 2.24) is 0 Å². The van der Waals surface area contributed by atoms with Crippen LogP contribution in [-0.4, -0.2) is 46.8 Å². The van der Waals surface area contributed by atoms with E-state index in [1.807, 2.05) is 6.92 Å². The molecule has 100 valence electrons. The largest absolute Gasteiger partial charge is 0.389 e. The molecule has 0 aromatic carbocycles. The molecule has 0 aliphatic carbocycles. The third-order valence-electron chi connectivity index (χ3n) is 2.84. The minimum Gasteiger partial charge on any atom is -0.389 e. The van der Waals surface area contributed by atoms with Crippen LogP contribution in [0.15, 0.2) is 0 Å². The number of aliphatic hydroxyl groups is 2. The fraction of sp³-hybridized carbons (Fsp3) is 0.909. The highest BCUT2D eigenvalue weighted by Gasteiger charge is 2.47. The van der Waals surface area contributed by atoms with E-state index in [0.29, 0.717) is 6.42 Å². The number of hydrogen-bond acceptors (Lipinski definition) is 5. The molecule has 0 radical (unpaired) electrons. The summed E-state index contributed by atoms with van der Waals surface area (Å²) in [6, 6.07) is 0. The molecule has 4 N–H and O–H groups in total. The molecular weight excluding hydrogens is 226 g/mol. The van der Waals surface area contributed by atoms with Crippen molar-refractivity contribution in [2.24, 2.45) is 11.7 Å². The van der Waals surface area contributed by atoms with Crippen LogP contribution in [0.4, 0.5) is 0 Å².